The predicted molar refractivity (Wildman–Crippen MR) is 126 cm³/mol. The topological polar surface area (TPSA) is 87.3 Å². The molecule has 1 aliphatic rings. The van der Waals surface area contributed by atoms with Gasteiger partial charge in [-0.3, -0.25) is 14.6 Å². The molecule has 0 saturated carbocycles. The van der Waals surface area contributed by atoms with Gasteiger partial charge in [0.25, 0.3) is 5.91 Å². The highest BCUT2D eigenvalue weighted by Crippen LogP contribution is 2.27. The first-order valence-electron chi connectivity index (χ1n) is 10.9. The third kappa shape index (κ3) is 4.05. The molecule has 1 aliphatic heterocycles. The van der Waals surface area contributed by atoms with Crippen molar-refractivity contribution in [2.24, 2.45) is 0 Å². The average Bonchev–Trinajstić information content (AvgIpc) is 3.30. The Balaban J connectivity index is 1.39. The number of methoxy groups -OCH3 is 1. The molecule has 0 unspecified atom stereocenters. The van der Waals surface area contributed by atoms with Crippen LogP contribution in [0.4, 0.5) is 0 Å². The Morgan fingerprint density at radius 1 is 1.12 bits per heavy atom. The summed E-state index contributed by atoms with van der Waals surface area (Å²) in [4.78, 5) is 35.2. The van der Waals surface area contributed by atoms with Crippen LogP contribution < -0.4 is 10.1 Å². The van der Waals surface area contributed by atoms with Crippen molar-refractivity contribution in [3.63, 3.8) is 0 Å². The summed E-state index contributed by atoms with van der Waals surface area (Å²) >= 11 is 0. The van der Waals surface area contributed by atoms with E-state index in [0.717, 1.165) is 27.6 Å². The molecule has 2 aromatic heterocycles. The fraction of sp³-hybridized carbons (Fsp3) is 0.192. The molecule has 0 aliphatic carbocycles. The molecule has 3 heterocycles. The van der Waals surface area contributed by atoms with Crippen LogP contribution >= 0.6 is 0 Å². The molecular weight excluding hydrogens is 416 g/mol. The number of ether oxygens (including phenoxy) is 1. The molecule has 1 saturated heterocycles. The van der Waals surface area contributed by atoms with Crippen molar-refractivity contribution in [2.45, 2.75) is 12.5 Å². The van der Waals surface area contributed by atoms with E-state index in [0.29, 0.717) is 31.0 Å². The molecule has 0 bridgehead atoms. The van der Waals surface area contributed by atoms with Crippen molar-refractivity contribution >= 4 is 22.7 Å². The third-order valence-corrected chi connectivity index (χ3v) is 6.04. The summed E-state index contributed by atoms with van der Waals surface area (Å²) in [6, 6.07) is 18.8. The SMILES string of the molecule is COc1cccc2[nH]c(C(=O)N3CCNC(=O)[C@H]3Cc3ccc(-c4cccnc4)cc3)cc12. The van der Waals surface area contributed by atoms with E-state index < -0.39 is 6.04 Å². The van der Waals surface area contributed by atoms with Crippen molar-refractivity contribution in [1.82, 2.24) is 20.2 Å². The zero-order valence-electron chi connectivity index (χ0n) is 18.2. The summed E-state index contributed by atoms with van der Waals surface area (Å²) < 4.78 is 5.41. The van der Waals surface area contributed by atoms with Gasteiger partial charge in [0, 0.05) is 42.8 Å². The molecular formula is C26H24N4O3. The van der Waals surface area contributed by atoms with Gasteiger partial charge in [0.1, 0.15) is 17.5 Å². The molecule has 1 atom stereocenters. The lowest BCUT2D eigenvalue weighted by molar-refractivity contribution is -0.127. The maximum Gasteiger partial charge on any atom is 0.271 e. The first-order chi connectivity index (χ1) is 16.1. The van der Waals surface area contributed by atoms with Crippen LogP contribution in [0.2, 0.25) is 0 Å². The second kappa shape index (κ2) is 8.78. The zero-order valence-corrected chi connectivity index (χ0v) is 18.2. The van der Waals surface area contributed by atoms with Crippen molar-refractivity contribution in [2.75, 3.05) is 20.2 Å². The lowest BCUT2D eigenvalue weighted by atomic mass is 9.99. The maximum atomic E-state index is 13.4. The van der Waals surface area contributed by atoms with Gasteiger partial charge in [0.2, 0.25) is 5.91 Å². The number of H-pyrrole nitrogens is 1. The van der Waals surface area contributed by atoms with E-state index in [1.165, 1.54) is 0 Å². The third-order valence-electron chi connectivity index (χ3n) is 6.04. The van der Waals surface area contributed by atoms with E-state index in [1.54, 1.807) is 24.3 Å². The number of nitrogens with zero attached hydrogens (tertiary/aromatic N) is 2. The van der Waals surface area contributed by atoms with Crippen LogP contribution in [0, 0.1) is 0 Å². The van der Waals surface area contributed by atoms with E-state index in [2.05, 4.69) is 15.3 Å². The number of aromatic amines is 1. The maximum absolute atomic E-state index is 13.4. The largest absolute Gasteiger partial charge is 0.496 e. The van der Waals surface area contributed by atoms with E-state index in [4.69, 9.17) is 4.74 Å². The summed E-state index contributed by atoms with van der Waals surface area (Å²) in [5.74, 6) is 0.365. The molecule has 7 heteroatoms. The second-order valence-electron chi connectivity index (χ2n) is 8.05. The van der Waals surface area contributed by atoms with Gasteiger partial charge in [0.05, 0.1) is 7.11 Å². The van der Waals surface area contributed by atoms with Gasteiger partial charge in [-0.1, -0.05) is 36.4 Å². The molecule has 5 rings (SSSR count). The molecule has 7 nitrogen and oxygen atoms in total. The average molecular weight is 441 g/mol. The number of hydrogen-bond acceptors (Lipinski definition) is 4. The number of pyridine rings is 1. The number of piperazine rings is 1. The van der Waals surface area contributed by atoms with Crippen LogP contribution in [-0.4, -0.2) is 52.9 Å². The van der Waals surface area contributed by atoms with Gasteiger partial charge < -0.3 is 19.9 Å². The zero-order chi connectivity index (χ0) is 22.8. The first-order valence-corrected chi connectivity index (χ1v) is 10.9. The molecule has 2 N–H and O–H groups in total. The molecule has 1 fully saturated rings. The van der Waals surface area contributed by atoms with Crippen LogP contribution in [0.5, 0.6) is 5.75 Å². The van der Waals surface area contributed by atoms with Gasteiger partial charge in [-0.2, -0.15) is 0 Å². The molecule has 33 heavy (non-hydrogen) atoms. The highest BCUT2D eigenvalue weighted by atomic mass is 16.5. The lowest BCUT2D eigenvalue weighted by Crippen LogP contribution is -2.58. The second-order valence-corrected chi connectivity index (χ2v) is 8.05. The lowest BCUT2D eigenvalue weighted by Gasteiger charge is -2.35. The Morgan fingerprint density at radius 2 is 1.97 bits per heavy atom. The Hall–Kier alpha value is -4.13. The minimum atomic E-state index is -0.580. The highest BCUT2D eigenvalue weighted by molar-refractivity contribution is 6.02. The van der Waals surface area contributed by atoms with Gasteiger partial charge in [0.15, 0.2) is 0 Å². The Kier molecular flexibility index (Phi) is 5.52. The number of carbonyl (C=O) groups is 2. The molecule has 2 amide bonds. The van der Waals surface area contributed by atoms with E-state index in [9.17, 15) is 9.59 Å². The van der Waals surface area contributed by atoms with E-state index in [1.807, 2.05) is 60.8 Å². The summed E-state index contributed by atoms with van der Waals surface area (Å²) in [5.41, 5.74) is 4.34. The van der Waals surface area contributed by atoms with Crippen molar-refractivity contribution in [3.05, 3.63) is 84.3 Å². The normalized spacial score (nSPS) is 16.0. The molecule has 4 aromatic rings. The van der Waals surface area contributed by atoms with E-state index in [-0.39, 0.29) is 11.8 Å². The highest BCUT2D eigenvalue weighted by Gasteiger charge is 2.34. The van der Waals surface area contributed by atoms with Crippen molar-refractivity contribution in [3.8, 4) is 16.9 Å². The minimum absolute atomic E-state index is 0.139. The quantitative estimate of drug-likeness (QED) is 0.498. The van der Waals surface area contributed by atoms with Gasteiger partial charge >= 0.3 is 0 Å². The summed E-state index contributed by atoms with van der Waals surface area (Å²) in [5, 5.41) is 3.74. The van der Waals surface area contributed by atoms with Gasteiger partial charge in [-0.15, -0.1) is 0 Å². The van der Waals surface area contributed by atoms with Crippen LogP contribution in [0.25, 0.3) is 22.0 Å². The molecule has 0 radical (unpaired) electrons. The standard InChI is InChI=1S/C26H24N4O3/c1-33-24-6-2-5-21-20(24)15-22(29-21)26(32)30-13-12-28-25(31)23(30)14-17-7-9-18(10-8-17)19-4-3-11-27-16-19/h2-11,15-16,23,29H,12-14H2,1H3,(H,28,31)/t23-/m1/s1. The molecule has 0 spiro atoms. The Morgan fingerprint density at radius 3 is 2.73 bits per heavy atom. The predicted octanol–water partition coefficient (Wildman–Crippen LogP) is 3.42. The Labute approximate surface area is 191 Å². The number of carbonyl (C=O) groups excluding carboxylic acids is 2. The van der Waals surface area contributed by atoms with Crippen LogP contribution in [0.15, 0.2) is 73.1 Å². The number of hydrogen-bond donors (Lipinski definition) is 2. The van der Waals surface area contributed by atoms with Gasteiger partial charge in [-0.05, 0) is 41.0 Å². The number of amides is 2. The van der Waals surface area contributed by atoms with E-state index >= 15 is 0 Å². The number of rotatable bonds is 5. The fourth-order valence-corrected chi connectivity index (χ4v) is 4.33. The fourth-order valence-electron chi connectivity index (χ4n) is 4.33. The smallest absolute Gasteiger partial charge is 0.271 e. The van der Waals surface area contributed by atoms with Crippen molar-refractivity contribution < 1.29 is 14.3 Å². The number of fused-ring (bicyclic) bond motifs is 1. The Bertz CT molecular complexity index is 1300. The summed E-state index contributed by atoms with van der Waals surface area (Å²) in [6.07, 6.45) is 4.00. The van der Waals surface area contributed by atoms with Crippen LogP contribution in [0.3, 0.4) is 0 Å². The molecule has 166 valence electrons. The van der Waals surface area contributed by atoms with Crippen LogP contribution in [-0.2, 0) is 11.2 Å². The number of aromatic nitrogens is 2. The first kappa shape index (κ1) is 20.8. The summed E-state index contributed by atoms with van der Waals surface area (Å²) in [6.45, 7) is 0.889. The number of nitrogens with one attached hydrogen (secondary N) is 2. The van der Waals surface area contributed by atoms with Gasteiger partial charge in [-0.25, -0.2) is 0 Å². The van der Waals surface area contributed by atoms with Crippen LogP contribution in [0.1, 0.15) is 16.1 Å². The molecule has 2 aromatic carbocycles. The van der Waals surface area contributed by atoms with Crippen molar-refractivity contribution in [1.29, 1.82) is 0 Å². The number of benzene rings is 2. The minimum Gasteiger partial charge on any atom is -0.496 e. The monoisotopic (exact) mass is 440 g/mol. The summed E-state index contributed by atoms with van der Waals surface area (Å²) in [7, 11) is 1.61.